The number of hydrogen-bond donors (Lipinski definition) is 2. The number of nitrogens with one attached hydrogen (secondary N) is 2. The smallest absolute Gasteiger partial charge is 0.255 e. The Bertz CT molecular complexity index is 1830. The molecule has 0 spiro atoms. The zero-order valence-corrected chi connectivity index (χ0v) is 25.8. The number of rotatable bonds is 9. The molecule has 1 aliphatic heterocycles. The first-order valence-corrected chi connectivity index (χ1v) is 15.4. The predicted molar refractivity (Wildman–Crippen MR) is 173 cm³/mol. The Morgan fingerprint density at radius 2 is 1.70 bits per heavy atom. The molecule has 0 radical (unpaired) electrons. The summed E-state index contributed by atoms with van der Waals surface area (Å²) in [6.45, 7) is 1.82. The maximum absolute atomic E-state index is 14.2. The predicted octanol–water partition coefficient (Wildman–Crippen LogP) is 8.52. The Labute approximate surface area is 268 Å². The first-order chi connectivity index (χ1) is 21.4. The van der Waals surface area contributed by atoms with E-state index in [-0.39, 0.29) is 18.1 Å². The number of carbonyl (C=O) groups is 1. The number of para-hydroxylation sites is 1. The highest BCUT2D eigenvalue weighted by Crippen LogP contribution is 2.38. The van der Waals surface area contributed by atoms with Gasteiger partial charge in [-0.2, -0.15) is 4.98 Å². The van der Waals surface area contributed by atoms with Crippen molar-refractivity contribution in [1.29, 1.82) is 0 Å². The van der Waals surface area contributed by atoms with E-state index < -0.39 is 11.9 Å². The van der Waals surface area contributed by atoms with Gasteiger partial charge in [-0.3, -0.25) is 4.79 Å². The Morgan fingerprint density at radius 3 is 2.45 bits per heavy atom. The molecule has 1 atom stereocenters. The lowest BCUT2D eigenvalue weighted by atomic mass is 9.95. The number of halogens is 3. The van der Waals surface area contributed by atoms with Crippen LogP contribution in [0.5, 0.6) is 5.75 Å². The van der Waals surface area contributed by atoms with Crippen LogP contribution in [0.25, 0.3) is 0 Å². The largest absolute Gasteiger partial charge is 0.489 e. The topological polar surface area (TPSA) is 81.1 Å². The standard InChI is InChI=1S/C33H26Cl2FN5O2S/c1-20-29(31(42)38-23-9-3-2-4-10-23)30(21-14-16-24(17-15-21)43-18-25-27(35)12-7-13-28(25)36)41-32(37-20)39-33(40-41)44-19-22-8-5-6-11-26(22)34/h2-17,30H,18-19H2,1H3,(H,38,42)(H,37,39,40). The maximum Gasteiger partial charge on any atom is 0.255 e. The monoisotopic (exact) mass is 645 g/mol. The highest BCUT2D eigenvalue weighted by atomic mass is 35.5. The number of aromatic nitrogens is 3. The molecule has 0 saturated heterocycles. The molecule has 44 heavy (non-hydrogen) atoms. The SMILES string of the molecule is CC1=C(C(=O)Nc2ccccc2)C(c2ccc(OCc3c(F)cccc3Cl)cc2)n2nc(SCc3ccccc3Cl)nc2N1. The van der Waals surface area contributed by atoms with E-state index in [4.69, 9.17) is 38.0 Å². The third kappa shape index (κ3) is 6.45. The number of allylic oxidation sites excluding steroid dienone is 1. The molecule has 7 nitrogen and oxygen atoms in total. The van der Waals surface area contributed by atoms with Gasteiger partial charge in [-0.1, -0.05) is 89.6 Å². The number of fused-ring (bicyclic) bond motifs is 1. The van der Waals surface area contributed by atoms with Gasteiger partial charge in [0.15, 0.2) is 0 Å². The van der Waals surface area contributed by atoms with Crippen LogP contribution in [0.1, 0.15) is 29.7 Å². The molecule has 0 fully saturated rings. The summed E-state index contributed by atoms with van der Waals surface area (Å²) in [6, 6.07) is 28.1. The van der Waals surface area contributed by atoms with Crippen molar-refractivity contribution in [3.05, 3.63) is 141 Å². The second-order valence-electron chi connectivity index (χ2n) is 9.99. The van der Waals surface area contributed by atoms with Crippen LogP contribution < -0.4 is 15.4 Å². The fourth-order valence-electron chi connectivity index (χ4n) is 4.84. The summed E-state index contributed by atoms with van der Waals surface area (Å²) in [6.07, 6.45) is 0. The second-order valence-corrected chi connectivity index (χ2v) is 11.7. The number of carbonyl (C=O) groups excluding carboxylic acids is 1. The molecule has 1 amide bonds. The number of benzene rings is 4. The molecular formula is C33H26Cl2FN5O2S. The van der Waals surface area contributed by atoms with Crippen LogP contribution in [0, 0.1) is 5.82 Å². The summed E-state index contributed by atoms with van der Waals surface area (Å²) in [4.78, 5) is 18.5. The van der Waals surface area contributed by atoms with Gasteiger partial charge in [0.05, 0.1) is 10.6 Å². The van der Waals surface area contributed by atoms with Crippen LogP contribution in [0.4, 0.5) is 16.0 Å². The molecule has 5 aromatic rings. The highest BCUT2D eigenvalue weighted by Gasteiger charge is 2.34. The lowest BCUT2D eigenvalue weighted by Gasteiger charge is -2.28. The molecule has 6 rings (SSSR count). The minimum atomic E-state index is -0.591. The lowest BCUT2D eigenvalue weighted by Crippen LogP contribution is -2.31. The number of amides is 1. The van der Waals surface area contributed by atoms with Crippen LogP contribution in [-0.2, 0) is 17.2 Å². The average molecular weight is 647 g/mol. The van der Waals surface area contributed by atoms with E-state index >= 15 is 0 Å². The summed E-state index contributed by atoms with van der Waals surface area (Å²) >= 11 is 14.0. The van der Waals surface area contributed by atoms with Crippen molar-refractivity contribution in [2.45, 2.75) is 30.5 Å². The van der Waals surface area contributed by atoms with E-state index in [0.29, 0.717) is 49.6 Å². The number of ether oxygens (including phenoxy) is 1. The number of anilines is 2. The summed E-state index contributed by atoms with van der Waals surface area (Å²) in [5, 5.41) is 12.6. The molecule has 1 aliphatic rings. The van der Waals surface area contributed by atoms with E-state index in [1.54, 1.807) is 28.9 Å². The summed E-state index contributed by atoms with van der Waals surface area (Å²) < 4.78 is 21.8. The molecule has 1 unspecified atom stereocenters. The quantitative estimate of drug-likeness (QED) is 0.156. The molecule has 1 aromatic heterocycles. The molecule has 4 aromatic carbocycles. The third-order valence-corrected chi connectivity index (χ3v) is 8.67. The molecule has 0 bridgehead atoms. The van der Waals surface area contributed by atoms with E-state index in [9.17, 15) is 9.18 Å². The van der Waals surface area contributed by atoms with Gasteiger partial charge in [0, 0.05) is 27.7 Å². The summed E-state index contributed by atoms with van der Waals surface area (Å²) in [5.74, 6) is 0.917. The number of thioether (sulfide) groups is 1. The maximum atomic E-state index is 14.2. The van der Waals surface area contributed by atoms with E-state index in [0.717, 1.165) is 11.1 Å². The molecule has 222 valence electrons. The van der Waals surface area contributed by atoms with Gasteiger partial charge in [0.1, 0.15) is 24.2 Å². The van der Waals surface area contributed by atoms with Crippen LogP contribution in [0.3, 0.4) is 0 Å². The zero-order valence-electron chi connectivity index (χ0n) is 23.4. The molecular weight excluding hydrogens is 620 g/mol. The fraction of sp³-hybridized carbons (Fsp3) is 0.121. The van der Waals surface area contributed by atoms with E-state index in [1.165, 1.54) is 17.8 Å². The van der Waals surface area contributed by atoms with Gasteiger partial charge in [-0.25, -0.2) is 9.07 Å². The van der Waals surface area contributed by atoms with E-state index in [1.807, 2.05) is 73.7 Å². The van der Waals surface area contributed by atoms with Crippen LogP contribution in [-0.4, -0.2) is 20.7 Å². The average Bonchev–Trinajstić information content (AvgIpc) is 3.43. The van der Waals surface area contributed by atoms with E-state index in [2.05, 4.69) is 10.6 Å². The highest BCUT2D eigenvalue weighted by molar-refractivity contribution is 7.98. The van der Waals surface area contributed by atoms with Crippen molar-refractivity contribution < 1.29 is 13.9 Å². The van der Waals surface area contributed by atoms with Crippen molar-refractivity contribution in [3.8, 4) is 5.75 Å². The molecule has 11 heteroatoms. The molecule has 2 N–H and O–H groups in total. The summed E-state index contributed by atoms with van der Waals surface area (Å²) in [5.41, 5.74) is 3.85. The minimum absolute atomic E-state index is 0.0266. The number of nitrogens with zero attached hydrogens (tertiary/aromatic N) is 3. The van der Waals surface area contributed by atoms with Crippen molar-refractivity contribution >= 4 is 52.5 Å². The van der Waals surface area contributed by atoms with Crippen molar-refractivity contribution in [1.82, 2.24) is 14.8 Å². The van der Waals surface area contributed by atoms with Gasteiger partial charge in [-0.15, -0.1) is 5.10 Å². The Morgan fingerprint density at radius 1 is 0.977 bits per heavy atom. The van der Waals surface area contributed by atoms with Crippen molar-refractivity contribution in [2.75, 3.05) is 10.6 Å². The zero-order chi connectivity index (χ0) is 30.6. The van der Waals surface area contributed by atoms with Crippen LogP contribution >= 0.6 is 35.0 Å². The van der Waals surface area contributed by atoms with Gasteiger partial charge in [0.2, 0.25) is 11.1 Å². The van der Waals surface area contributed by atoms with Crippen molar-refractivity contribution in [2.24, 2.45) is 0 Å². The van der Waals surface area contributed by atoms with Crippen molar-refractivity contribution in [3.63, 3.8) is 0 Å². The third-order valence-electron chi connectivity index (χ3n) is 7.06. The van der Waals surface area contributed by atoms with Gasteiger partial charge in [-0.05, 0) is 60.5 Å². The molecule has 2 heterocycles. The summed E-state index contributed by atoms with van der Waals surface area (Å²) in [7, 11) is 0. The first-order valence-electron chi connectivity index (χ1n) is 13.7. The number of hydrogen-bond acceptors (Lipinski definition) is 6. The molecule has 0 aliphatic carbocycles. The minimum Gasteiger partial charge on any atom is -0.489 e. The van der Waals surface area contributed by atoms with Gasteiger partial charge >= 0.3 is 0 Å². The fourth-order valence-corrected chi connectivity index (χ4v) is 6.18. The first kappa shape index (κ1) is 29.7. The Kier molecular flexibility index (Phi) is 8.88. The van der Waals surface area contributed by atoms with Crippen LogP contribution in [0.15, 0.2) is 113 Å². The Hall–Kier alpha value is -4.31. The normalized spacial score (nSPS) is 14.1. The second kappa shape index (κ2) is 13.1. The molecule has 0 saturated carbocycles. The van der Waals surface area contributed by atoms with Gasteiger partial charge in [0.25, 0.3) is 5.91 Å². The van der Waals surface area contributed by atoms with Crippen LogP contribution in [0.2, 0.25) is 10.0 Å². The Balaban J connectivity index is 1.30. The lowest BCUT2D eigenvalue weighted by molar-refractivity contribution is -0.113. The van der Waals surface area contributed by atoms with Gasteiger partial charge < -0.3 is 15.4 Å².